The summed E-state index contributed by atoms with van der Waals surface area (Å²) in [6, 6.07) is 4.00. The van der Waals surface area contributed by atoms with Crippen LogP contribution < -0.4 is 10.1 Å². The van der Waals surface area contributed by atoms with Gasteiger partial charge in [-0.2, -0.15) is 4.31 Å². The van der Waals surface area contributed by atoms with Gasteiger partial charge in [-0.1, -0.05) is 0 Å². The average molecular weight is 370 g/mol. The van der Waals surface area contributed by atoms with Crippen molar-refractivity contribution in [3.8, 4) is 5.75 Å². The lowest BCUT2D eigenvalue weighted by Gasteiger charge is -2.32. The fourth-order valence-electron chi connectivity index (χ4n) is 3.40. The first-order chi connectivity index (χ1) is 11.9. The summed E-state index contributed by atoms with van der Waals surface area (Å²) in [5.41, 5.74) is -0.454. The van der Waals surface area contributed by atoms with E-state index in [0.717, 1.165) is 38.7 Å². The molecule has 1 N–H and O–H groups in total. The van der Waals surface area contributed by atoms with Crippen LogP contribution in [0.2, 0.25) is 0 Å². The van der Waals surface area contributed by atoms with E-state index in [1.54, 1.807) is 0 Å². The van der Waals surface area contributed by atoms with Crippen LogP contribution in [-0.2, 0) is 10.0 Å². The summed E-state index contributed by atoms with van der Waals surface area (Å²) >= 11 is 0. The second kappa shape index (κ2) is 7.24. The van der Waals surface area contributed by atoms with E-state index in [1.807, 2.05) is 0 Å². The SMILES string of the molecule is COc1ccc(S(=O)(=O)N2CCC(N3CCNCC3)C2)c([N+](=O)[O-])c1. The van der Waals surface area contributed by atoms with Crippen molar-refractivity contribution in [2.45, 2.75) is 17.4 Å². The highest BCUT2D eigenvalue weighted by atomic mass is 32.2. The molecule has 2 aliphatic heterocycles. The van der Waals surface area contributed by atoms with Gasteiger partial charge in [-0.05, 0) is 18.6 Å². The number of hydrogen-bond donors (Lipinski definition) is 1. The van der Waals surface area contributed by atoms with Gasteiger partial charge in [-0.25, -0.2) is 8.42 Å². The van der Waals surface area contributed by atoms with Crippen LogP contribution in [0, 0.1) is 10.1 Å². The number of nitro groups is 1. The predicted molar refractivity (Wildman–Crippen MR) is 91.3 cm³/mol. The number of benzene rings is 1. The highest BCUT2D eigenvalue weighted by molar-refractivity contribution is 7.89. The molecule has 2 heterocycles. The maximum Gasteiger partial charge on any atom is 0.293 e. The van der Waals surface area contributed by atoms with Gasteiger partial charge in [-0.3, -0.25) is 15.0 Å². The van der Waals surface area contributed by atoms with E-state index in [4.69, 9.17) is 4.74 Å². The van der Waals surface area contributed by atoms with Crippen LogP contribution in [0.5, 0.6) is 5.75 Å². The van der Waals surface area contributed by atoms with E-state index in [1.165, 1.54) is 23.5 Å². The standard InChI is InChI=1S/C15H22N4O5S/c1-24-13-2-3-15(14(10-13)19(20)21)25(22,23)18-7-4-12(11-18)17-8-5-16-6-9-17/h2-3,10,12,16H,4-9,11H2,1H3. The lowest BCUT2D eigenvalue weighted by atomic mass is 10.2. The Kier molecular flexibility index (Phi) is 5.23. The zero-order valence-corrected chi connectivity index (χ0v) is 14.9. The number of rotatable bonds is 5. The average Bonchev–Trinajstić information content (AvgIpc) is 3.13. The number of ether oxygens (including phenoxy) is 1. The fraction of sp³-hybridized carbons (Fsp3) is 0.600. The topological polar surface area (TPSA) is 105 Å². The molecule has 1 unspecified atom stereocenters. The van der Waals surface area contributed by atoms with Crippen molar-refractivity contribution in [2.75, 3.05) is 46.4 Å². The molecule has 1 aromatic carbocycles. The Morgan fingerprint density at radius 3 is 2.64 bits per heavy atom. The van der Waals surface area contributed by atoms with E-state index in [-0.39, 0.29) is 16.7 Å². The Morgan fingerprint density at radius 2 is 2.00 bits per heavy atom. The second-order valence-electron chi connectivity index (χ2n) is 6.18. The molecule has 2 aliphatic rings. The number of methoxy groups -OCH3 is 1. The first-order valence-corrected chi connectivity index (χ1v) is 9.65. The molecule has 25 heavy (non-hydrogen) atoms. The van der Waals surface area contributed by atoms with Crippen LogP contribution in [0.1, 0.15) is 6.42 Å². The van der Waals surface area contributed by atoms with Crippen molar-refractivity contribution in [1.82, 2.24) is 14.5 Å². The van der Waals surface area contributed by atoms with E-state index >= 15 is 0 Å². The van der Waals surface area contributed by atoms with Gasteiger partial charge >= 0.3 is 0 Å². The minimum Gasteiger partial charge on any atom is -0.497 e. The number of nitrogens with one attached hydrogen (secondary N) is 1. The summed E-state index contributed by atoms with van der Waals surface area (Å²) in [6.07, 6.45) is 0.739. The Labute approximate surface area is 146 Å². The summed E-state index contributed by atoms with van der Waals surface area (Å²) in [4.78, 5) is 12.6. The molecule has 0 aromatic heterocycles. The van der Waals surface area contributed by atoms with Crippen LogP contribution in [0.15, 0.2) is 23.1 Å². The molecule has 9 nitrogen and oxygen atoms in total. The fourth-order valence-corrected chi connectivity index (χ4v) is 5.03. The third kappa shape index (κ3) is 3.61. The van der Waals surface area contributed by atoms with E-state index in [9.17, 15) is 18.5 Å². The lowest BCUT2D eigenvalue weighted by molar-refractivity contribution is -0.387. The molecule has 138 valence electrons. The highest BCUT2D eigenvalue weighted by Gasteiger charge is 2.38. The molecule has 2 fully saturated rings. The zero-order chi connectivity index (χ0) is 18.0. The Balaban J connectivity index is 1.83. The first-order valence-electron chi connectivity index (χ1n) is 8.21. The van der Waals surface area contributed by atoms with Crippen molar-refractivity contribution in [3.05, 3.63) is 28.3 Å². The molecular weight excluding hydrogens is 348 g/mol. The molecule has 0 aliphatic carbocycles. The molecule has 2 saturated heterocycles. The third-order valence-corrected chi connectivity index (χ3v) is 6.69. The van der Waals surface area contributed by atoms with Crippen molar-refractivity contribution < 1.29 is 18.1 Å². The van der Waals surface area contributed by atoms with Gasteiger partial charge in [0, 0.05) is 45.3 Å². The van der Waals surface area contributed by atoms with Crippen LogP contribution in [0.4, 0.5) is 5.69 Å². The Bertz CT molecular complexity index is 748. The molecule has 0 saturated carbocycles. The van der Waals surface area contributed by atoms with Crippen molar-refractivity contribution in [2.24, 2.45) is 0 Å². The van der Waals surface area contributed by atoms with Crippen LogP contribution >= 0.6 is 0 Å². The lowest BCUT2D eigenvalue weighted by Crippen LogP contribution is -2.49. The molecule has 0 bridgehead atoms. The van der Waals surface area contributed by atoms with Gasteiger partial charge in [-0.15, -0.1) is 0 Å². The molecule has 10 heteroatoms. The van der Waals surface area contributed by atoms with Gasteiger partial charge < -0.3 is 10.1 Å². The summed E-state index contributed by atoms with van der Waals surface area (Å²) in [7, 11) is -2.54. The predicted octanol–water partition coefficient (Wildman–Crippen LogP) is 0.272. The molecule has 3 rings (SSSR count). The summed E-state index contributed by atoms with van der Waals surface area (Å²) < 4.78 is 32.2. The smallest absolute Gasteiger partial charge is 0.293 e. The molecular formula is C15H22N4O5S. The monoisotopic (exact) mass is 370 g/mol. The minimum absolute atomic E-state index is 0.161. The normalized spacial score (nSPS) is 22.8. The van der Waals surface area contributed by atoms with Crippen molar-refractivity contribution in [3.63, 3.8) is 0 Å². The van der Waals surface area contributed by atoms with Gasteiger partial charge in [0.2, 0.25) is 10.0 Å². The Hall–Kier alpha value is -1.75. The quantitative estimate of drug-likeness (QED) is 0.586. The number of piperazine rings is 1. The van der Waals surface area contributed by atoms with Gasteiger partial charge in [0.05, 0.1) is 18.1 Å². The van der Waals surface area contributed by atoms with E-state index in [0.29, 0.717) is 13.1 Å². The van der Waals surface area contributed by atoms with Crippen LogP contribution in [0.25, 0.3) is 0 Å². The molecule has 0 spiro atoms. The van der Waals surface area contributed by atoms with Gasteiger partial charge in [0.1, 0.15) is 5.75 Å². The largest absolute Gasteiger partial charge is 0.497 e. The summed E-state index contributed by atoms with van der Waals surface area (Å²) in [5, 5.41) is 14.6. The van der Waals surface area contributed by atoms with E-state index < -0.39 is 20.6 Å². The maximum atomic E-state index is 12.9. The van der Waals surface area contributed by atoms with Gasteiger partial charge in [0.25, 0.3) is 5.69 Å². The maximum absolute atomic E-state index is 12.9. The summed E-state index contributed by atoms with van der Waals surface area (Å²) in [5.74, 6) is 0.255. The first kappa shape index (κ1) is 18.1. The number of sulfonamides is 1. The number of hydrogen-bond acceptors (Lipinski definition) is 7. The van der Waals surface area contributed by atoms with Crippen LogP contribution in [0.3, 0.4) is 0 Å². The highest BCUT2D eigenvalue weighted by Crippen LogP contribution is 2.32. The second-order valence-corrected chi connectivity index (χ2v) is 8.09. The van der Waals surface area contributed by atoms with Crippen molar-refractivity contribution >= 4 is 15.7 Å². The molecule has 0 amide bonds. The Morgan fingerprint density at radius 1 is 1.28 bits per heavy atom. The third-order valence-electron chi connectivity index (χ3n) is 4.77. The number of nitro benzene ring substituents is 1. The number of nitrogens with zero attached hydrogens (tertiary/aromatic N) is 3. The molecule has 1 aromatic rings. The molecule has 0 radical (unpaired) electrons. The van der Waals surface area contributed by atoms with E-state index in [2.05, 4.69) is 10.2 Å². The summed E-state index contributed by atoms with van der Waals surface area (Å²) in [6.45, 7) is 4.31. The minimum atomic E-state index is -3.92. The van der Waals surface area contributed by atoms with Gasteiger partial charge in [0.15, 0.2) is 4.90 Å². The zero-order valence-electron chi connectivity index (χ0n) is 14.1. The van der Waals surface area contributed by atoms with Crippen LogP contribution in [-0.4, -0.2) is 75.0 Å². The molecule has 1 atom stereocenters. The van der Waals surface area contributed by atoms with Crippen molar-refractivity contribution in [1.29, 1.82) is 0 Å².